The fraction of sp³-hybridized carbons (Fsp3) is 0.118. The molecule has 0 fully saturated rings. The van der Waals surface area contributed by atoms with Crippen molar-refractivity contribution in [3.63, 3.8) is 0 Å². The van der Waals surface area contributed by atoms with Crippen LogP contribution in [0.5, 0.6) is 0 Å². The summed E-state index contributed by atoms with van der Waals surface area (Å²) in [5, 5.41) is 5.09. The summed E-state index contributed by atoms with van der Waals surface area (Å²) in [6, 6.07) is 14.0. The van der Waals surface area contributed by atoms with Crippen LogP contribution in [-0.2, 0) is 10.0 Å². The zero-order valence-electron chi connectivity index (χ0n) is 13.3. The van der Waals surface area contributed by atoms with Gasteiger partial charge in [-0.1, -0.05) is 0 Å². The number of nitrogens with zero attached hydrogens (tertiary/aromatic N) is 2. The van der Waals surface area contributed by atoms with Crippen LogP contribution in [0.25, 0.3) is 22.8 Å². The normalized spacial score (nSPS) is 11.5. The van der Waals surface area contributed by atoms with E-state index in [1.54, 1.807) is 18.3 Å². The predicted octanol–water partition coefficient (Wildman–Crippen LogP) is 2.72. The molecule has 2 aromatic carbocycles. The van der Waals surface area contributed by atoms with Crippen LogP contribution >= 0.6 is 0 Å². The first-order chi connectivity index (χ1) is 11.3. The van der Waals surface area contributed by atoms with Gasteiger partial charge in [-0.05, 0) is 48.5 Å². The van der Waals surface area contributed by atoms with Crippen molar-refractivity contribution in [1.29, 1.82) is 0 Å². The van der Waals surface area contributed by atoms with Gasteiger partial charge >= 0.3 is 0 Å². The fourth-order valence-electron chi connectivity index (χ4n) is 2.25. The minimum absolute atomic E-state index is 0.0531. The number of sulfonamides is 1. The number of anilines is 1. The van der Waals surface area contributed by atoms with Gasteiger partial charge in [-0.3, -0.25) is 0 Å². The number of oxazole rings is 1. The first kappa shape index (κ1) is 16.2. The maximum absolute atomic E-state index is 11.3. The summed E-state index contributed by atoms with van der Waals surface area (Å²) in [5.41, 5.74) is 2.69. The Morgan fingerprint density at radius 1 is 0.958 bits per heavy atom. The molecule has 1 heterocycles. The van der Waals surface area contributed by atoms with Gasteiger partial charge in [0.25, 0.3) is 0 Å². The molecule has 1 aromatic heterocycles. The van der Waals surface area contributed by atoms with E-state index < -0.39 is 10.0 Å². The van der Waals surface area contributed by atoms with Gasteiger partial charge in [0.1, 0.15) is 0 Å². The number of rotatable bonds is 4. The highest BCUT2D eigenvalue weighted by molar-refractivity contribution is 7.89. The van der Waals surface area contributed by atoms with Gasteiger partial charge in [0.05, 0.1) is 11.1 Å². The summed E-state index contributed by atoms with van der Waals surface area (Å²) in [6.45, 7) is 0. The SMILES string of the molecule is CN(C)c1ccc(-c2cnc(-c3ccc(S(N)(=O)=O)cc3)o2)cc1. The molecule has 0 saturated heterocycles. The summed E-state index contributed by atoms with van der Waals surface area (Å²) in [5.74, 6) is 1.06. The summed E-state index contributed by atoms with van der Waals surface area (Å²) in [7, 11) is 0.252. The third-order valence-corrected chi connectivity index (χ3v) is 4.53. The van der Waals surface area contributed by atoms with Gasteiger partial charge in [-0.25, -0.2) is 18.5 Å². The van der Waals surface area contributed by atoms with Gasteiger partial charge < -0.3 is 9.32 Å². The molecule has 124 valence electrons. The third kappa shape index (κ3) is 3.32. The lowest BCUT2D eigenvalue weighted by Gasteiger charge is -2.11. The maximum Gasteiger partial charge on any atom is 0.238 e. The van der Waals surface area contributed by atoms with Crippen molar-refractivity contribution >= 4 is 15.7 Å². The molecule has 0 bridgehead atoms. The second kappa shape index (κ2) is 6.10. The lowest BCUT2D eigenvalue weighted by Crippen LogP contribution is -2.11. The highest BCUT2D eigenvalue weighted by atomic mass is 32.2. The molecule has 2 N–H and O–H groups in total. The Kier molecular flexibility index (Phi) is 4.13. The monoisotopic (exact) mass is 343 g/mol. The number of primary sulfonamides is 1. The number of aromatic nitrogens is 1. The average Bonchev–Trinajstić information content (AvgIpc) is 3.04. The average molecular weight is 343 g/mol. The molecule has 3 rings (SSSR count). The smallest absolute Gasteiger partial charge is 0.238 e. The molecule has 7 heteroatoms. The van der Waals surface area contributed by atoms with Crippen LogP contribution in [0.3, 0.4) is 0 Å². The van der Waals surface area contributed by atoms with Crippen molar-refractivity contribution in [3.8, 4) is 22.8 Å². The Labute approximate surface area is 140 Å². The highest BCUT2D eigenvalue weighted by Crippen LogP contribution is 2.27. The molecular formula is C17H17N3O3S. The molecule has 0 saturated carbocycles. The second-order valence-corrected chi connectivity index (χ2v) is 7.10. The Morgan fingerprint density at radius 2 is 1.54 bits per heavy atom. The fourth-order valence-corrected chi connectivity index (χ4v) is 2.77. The molecular weight excluding hydrogens is 326 g/mol. The number of nitrogens with two attached hydrogens (primary N) is 1. The van der Waals surface area contributed by atoms with Gasteiger partial charge in [-0.2, -0.15) is 0 Å². The van der Waals surface area contributed by atoms with E-state index in [0.29, 0.717) is 17.2 Å². The standard InChI is InChI=1S/C17H17N3O3S/c1-20(2)14-7-3-12(4-8-14)16-11-19-17(23-16)13-5-9-15(10-6-13)24(18,21)22/h3-11H,1-2H3,(H2,18,21,22). The largest absolute Gasteiger partial charge is 0.436 e. The minimum Gasteiger partial charge on any atom is -0.436 e. The molecule has 0 aliphatic heterocycles. The van der Waals surface area contributed by atoms with Crippen LogP contribution in [-0.4, -0.2) is 27.5 Å². The van der Waals surface area contributed by atoms with E-state index in [2.05, 4.69) is 4.98 Å². The van der Waals surface area contributed by atoms with Crippen LogP contribution in [0.15, 0.2) is 64.0 Å². The van der Waals surface area contributed by atoms with E-state index in [4.69, 9.17) is 9.56 Å². The Hall–Kier alpha value is -2.64. The van der Waals surface area contributed by atoms with Crippen molar-refractivity contribution in [3.05, 3.63) is 54.7 Å². The molecule has 3 aromatic rings. The van der Waals surface area contributed by atoms with Crippen LogP contribution in [0.2, 0.25) is 0 Å². The Bertz CT molecular complexity index is 944. The van der Waals surface area contributed by atoms with Crippen molar-refractivity contribution in [2.24, 2.45) is 5.14 Å². The topological polar surface area (TPSA) is 89.4 Å². The molecule has 0 aliphatic carbocycles. The van der Waals surface area contributed by atoms with Gasteiger partial charge in [0, 0.05) is 30.9 Å². The highest BCUT2D eigenvalue weighted by Gasteiger charge is 2.11. The minimum atomic E-state index is -3.71. The lowest BCUT2D eigenvalue weighted by molar-refractivity contribution is 0.588. The molecule has 0 spiro atoms. The van der Waals surface area contributed by atoms with E-state index in [-0.39, 0.29) is 4.90 Å². The van der Waals surface area contributed by atoms with Gasteiger partial charge in [0.15, 0.2) is 5.76 Å². The van der Waals surface area contributed by atoms with Crippen molar-refractivity contribution in [2.45, 2.75) is 4.90 Å². The van der Waals surface area contributed by atoms with Crippen molar-refractivity contribution < 1.29 is 12.8 Å². The Balaban J connectivity index is 1.87. The van der Waals surface area contributed by atoms with E-state index in [9.17, 15) is 8.42 Å². The first-order valence-electron chi connectivity index (χ1n) is 7.21. The molecule has 0 aliphatic rings. The van der Waals surface area contributed by atoms with E-state index in [1.807, 2.05) is 43.3 Å². The zero-order chi connectivity index (χ0) is 17.3. The van der Waals surface area contributed by atoms with Crippen LogP contribution < -0.4 is 10.0 Å². The first-order valence-corrected chi connectivity index (χ1v) is 8.76. The molecule has 0 unspecified atom stereocenters. The third-order valence-electron chi connectivity index (χ3n) is 3.60. The molecule has 6 nitrogen and oxygen atoms in total. The quantitative estimate of drug-likeness (QED) is 0.787. The zero-order valence-corrected chi connectivity index (χ0v) is 14.1. The second-order valence-electron chi connectivity index (χ2n) is 5.54. The van der Waals surface area contributed by atoms with E-state index in [1.165, 1.54) is 12.1 Å². The van der Waals surface area contributed by atoms with Gasteiger partial charge in [-0.15, -0.1) is 0 Å². The van der Waals surface area contributed by atoms with Crippen LogP contribution in [0, 0.1) is 0 Å². The summed E-state index contributed by atoms with van der Waals surface area (Å²) >= 11 is 0. The van der Waals surface area contributed by atoms with E-state index >= 15 is 0 Å². The summed E-state index contributed by atoms with van der Waals surface area (Å²) < 4.78 is 28.3. The molecule has 0 amide bonds. The van der Waals surface area contributed by atoms with Crippen LogP contribution in [0.1, 0.15) is 0 Å². The number of benzene rings is 2. The van der Waals surface area contributed by atoms with Crippen LogP contribution in [0.4, 0.5) is 5.69 Å². The molecule has 0 radical (unpaired) electrons. The molecule has 0 atom stereocenters. The number of hydrogen-bond donors (Lipinski definition) is 1. The van der Waals surface area contributed by atoms with Crippen molar-refractivity contribution in [1.82, 2.24) is 4.98 Å². The predicted molar refractivity (Wildman–Crippen MR) is 93.1 cm³/mol. The summed E-state index contributed by atoms with van der Waals surface area (Å²) in [4.78, 5) is 6.32. The summed E-state index contributed by atoms with van der Waals surface area (Å²) in [6.07, 6.45) is 1.65. The van der Waals surface area contributed by atoms with E-state index in [0.717, 1.165) is 11.3 Å². The maximum atomic E-state index is 11.3. The number of hydrogen-bond acceptors (Lipinski definition) is 5. The lowest BCUT2D eigenvalue weighted by atomic mass is 10.1. The Morgan fingerprint density at radius 3 is 2.08 bits per heavy atom. The van der Waals surface area contributed by atoms with Crippen molar-refractivity contribution in [2.75, 3.05) is 19.0 Å². The van der Waals surface area contributed by atoms with Gasteiger partial charge in [0.2, 0.25) is 15.9 Å². The molecule has 24 heavy (non-hydrogen) atoms.